The van der Waals surface area contributed by atoms with Crippen molar-refractivity contribution in [3.8, 4) is 5.75 Å². The molecular formula is C15H21NO. The van der Waals surface area contributed by atoms with Gasteiger partial charge in [0.1, 0.15) is 5.75 Å². The minimum absolute atomic E-state index is 0.393. The lowest BCUT2D eigenvalue weighted by Crippen LogP contribution is -2.22. The Morgan fingerprint density at radius 2 is 2.35 bits per heavy atom. The van der Waals surface area contributed by atoms with E-state index < -0.39 is 0 Å². The third-order valence-corrected chi connectivity index (χ3v) is 3.15. The fourth-order valence-electron chi connectivity index (χ4n) is 2.27. The lowest BCUT2D eigenvalue weighted by molar-refractivity contribution is 0.313. The summed E-state index contributed by atoms with van der Waals surface area (Å²) in [6, 6.07) is 6.78. The fraction of sp³-hybridized carbons (Fsp3) is 0.467. The molecule has 1 aromatic rings. The van der Waals surface area contributed by atoms with E-state index in [1.807, 2.05) is 0 Å². The van der Waals surface area contributed by atoms with Crippen molar-refractivity contribution < 1.29 is 4.74 Å². The molecule has 0 saturated carbocycles. The van der Waals surface area contributed by atoms with Crippen LogP contribution in [-0.2, 0) is 0 Å². The van der Waals surface area contributed by atoms with Crippen molar-refractivity contribution in [3.05, 3.63) is 41.5 Å². The standard InChI is InChI=1S/C15H21NO/c1-11(2)10-16-14-8-5-9-17-15-12(3)6-4-7-13(14)15/h4,6-7,14,16H,1,5,8-10H2,2-3H3. The van der Waals surface area contributed by atoms with Gasteiger partial charge in [0.2, 0.25) is 0 Å². The molecule has 0 amide bonds. The minimum Gasteiger partial charge on any atom is -0.493 e. The maximum absolute atomic E-state index is 5.85. The van der Waals surface area contributed by atoms with E-state index >= 15 is 0 Å². The topological polar surface area (TPSA) is 21.3 Å². The molecule has 92 valence electrons. The summed E-state index contributed by atoms with van der Waals surface area (Å²) in [7, 11) is 0. The smallest absolute Gasteiger partial charge is 0.126 e. The van der Waals surface area contributed by atoms with E-state index in [1.54, 1.807) is 0 Å². The third-order valence-electron chi connectivity index (χ3n) is 3.15. The molecule has 1 N–H and O–H groups in total. The molecule has 2 nitrogen and oxygen atoms in total. The summed E-state index contributed by atoms with van der Waals surface area (Å²) in [6.45, 7) is 9.80. The number of hydrogen-bond donors (Lipinski definition) is 1. The quantitative estimate of drug-likeness (QED) is 0.805. The second-order valence-corrected chi connectivity index (χ2v) is 4.87. The molecule has 0 fully saturated rings. The second kappa shape index (κ2) is 5.37. The Kier molecular flexibility index (Phi) is 3.85. The van der Waals surface area contributed by atoms with Crippen LogP contribution in [-0.4, -0.2) is 13.2 Å². The van der Waals surface area contributed by atoms with Crippen molar-refractivity contribution in [2.45, 2.75) is 32.7 Å². The average Bonchev–Trinajstić information content (AvgIpc) is 2.50. The van der Waals surface area contributed by atoms with E-state index in [0.717, 1.165) is 31.7 Å². The van der Waals surface area contributed by atoms with Gasteiger partial charge in [0.05, 0.1) is 6.61 Å². The van der Waals surface area contributed by atoms with Crippen LogP contribution in [0.5, 0.6) is 5.75 Å². The summed E-state index contributed by atoms with van der Waals surface area (Å²) in [5, 5.41) is 3.56. The molecule has 1 unspecified atom stereocenters. The summed E-state index contributed by atoms with van der Waals surface area (Å²) < 4.78 is 5.85. The van der Waals surface area contributed by atoms with Gasteiger partial charge in [-0.1, -0.05) is 30.4 Å². The molecule has 0 aromatic heterocycles. The Labute approximate surface area is 104 Å². The van der Waals surface area contributed by atoms with E-state index in [2.05, 4.69) is 43.9 Å². The molecule has 1 aromatic carbocycles. The van der Waals surface area contributed by atoms with Crippen molar-refractivity contribution >= 4 is 0 Å². The van der Waals surface area contributed by atoms with E-state index in [4.69, 9.17) is 4.74 Å². The van der Waals surface area contributed by atoms with E-state index in [0.29, 0.717) is 6.04 Å². The highest BCUT2D eigenvalue weighted by atomic mass is 16.5. The van der Waals surface area contributed by atoms with Crippen LogP contribution in [0.25, 0.3) is 0 Å². The number of hydrogen-bond acceptors (Lipinski definition) is 2. The largest absolute Gasteiger partial charge is 0.493 e. The van der Waals surface area contributed by atoms with Crippen LogP contribution >= 0.6 is 0 Å². The van der Waals surface area contributed by atoms with Gasteiger partial charge in [-0.05, 0) is 32.3 Å². The highest BCUT2D eigenvalue weighted by molar-refractivity contribution is 5.43. The Balaban J connectivity index is 2.24. The van der Waals surface area contributed by atoms with Gasteiger partial charge in [-0.2, -0.15) is 0 Å². The number of aryl methyl sites for hydroxylation is 1. The van der Waals surface area contributed by atoms with Gasteiger partial charge >= 0.3 is 0 Å². The third kappa shape index (κ3) is 2.89. The molecule has 1 aliphatic heterocycles. The second-order valence-electron chi connectivity index (χ2n) is 4.87. The fourth-order valence-corrected chi connectivity index (χ4v) is 2.27. The highest BCUT2D eigenvalue weighted by Gasteiger charge is 2.20. The Morgan fingerprint density at radius 1 is 1.53 bits per heavy atom. The number of fused-ring (bicyclic) bond motifs is 1. The first-order chi connectivity index (χ1) is 8.18. The monoisotopic (exact) mass is 231 g/mol. The molecule has 2 heteroatoms. The van der Waals surface area contributed by atoms with Crippen molar-refractivity contribution in [2.24, 2.45) is 0 Å². The van der Waals surface area contributed by atoms with Crippen LogP contribution in [0.4, 0.5) is 0 Å². The predicted octanol–water partition coefficient (Wildman–Crippen LogP) is 3.37. The van der Waals surface area contributed by atoms with Crippen molar-refractivity contribution in [2.75, 3.05) is 13.2 Å². The molecule has 2 rings (SSSR count). The van der Waals surface area contributed by atoms with Crippen molar-refractivity contribution in [3.63, 3.8) is 0 Å². The van der Waals surface area contributed by atoms with Gasteiger partial charge < -0.3 is 10.1 Å². The Bertz CT molecular complexity index is 411. The van der Waals surface area contributed by atoms with E-state index in [1.165, 1.54) is 16.7 Å². The van der Waals surface area contributed by atoms with Gasteiger partial charge in [-0.15, -0.1) is 0 Å². The number of rotatable bonds is 3. The van der Waals surface area contributed by atoms with Crippen LogP contribution < -0.4 is 10.1 Å². The van der Waals surface area contributed by atoms with Gasteiger partial charge in [-0.25, -0.2) is 0 Å². The molecule has 0 radical (unpaired) electrons. The lowest BCUT2D eigenvalue weighted by atomic mass is 9.99. The first-order valence-electron chi connectivity index (χ1n) is 6.28. The Hall–Kier alpha value is -1.28. The maximum atomic E-state index is 5.85. The zero-order chi connectivity index (χ0) is 12.3. The van der Waals surface area contributed by atoms with Gasteiger partial charge in [-0.3, -0.25) is 0 Å². The number of ether oxygens (including phenoxy) is 1. The SMILES string of the molecule is C=C(C)CNC1CCCOc2c(C)cccc21. The summed E-state index contributed by atoms with van der Waals surface area (Å²) in [5.74, 6) is 1.07. The van der Waals surface area contributed by atoms with E-state index in [-0.39, 0.29) is 0 Å². The molecule has 1 aliphatic rings. The van der Waals surface area contributed by atoms with E-state index in [9.17, 15) is 0 Å². The lowest BCUT2D eigenvalue weighted by Gasteiger charge is -2.19. The molecule has 0 aliphatic carbocycles. The van der Waals surface area contributed by atoms with Crippen molar-refractivity contribution in [1.82, 2.24) is 5.32 Å². The maximum Gasteiger partial charge on any atom is 0.126 e. The number of nitrogens with one attached hydrogen (secondary N) is 1. The molecule has 0 bridgehead atoms. The normalized spacial score (nSPS) is 19.1. The zero-order valence-corrected chi connectivity index (χ0v) is 10.8. The van der Waals surface area contributed by atoms with Gasteiger partial charge in [0.15, 0.2) is 0 Å². The molecular weight excluding hydrogens is 210 g/mol. The summed E-state index contributed by atoms with van der Waals surface area (Å²) in [4.78, 5) is 0. The molecule has 0 spiro atoms. The zero-order valence-electron chi connectivity index (χ0n) is 10.8. The molecule has 1 atom stereocenters. The highest BCUT2D eigenvalue weighted by Crippen LogP contribution is 2.33. The summed E-state index contributed by atoms with van der Waals surface area (Å²) in [5.41, 5.74) is 3.69. The molecule has 0 saturated heterocycles. The van der Waals surface area contributed by atoms with Gasteiger partial charge in [0.25, 0.3) is 0 Å². The van der Waals surface area contributed by atoms with Crippen LogP contribution in [0, 0.1) is 6.92 Å². The van der Waals surface area contributed by atoms with Crippen LogP contribution in [0.3, 0.4) is 0 Å². The van der Waals surface area contributed by atoms with Crippen molar-refractivity contribution in [1.29, 1.82) is 0 Å². The van der Waals surface area contributed by atoms with Crippen LogP contribution in [0.1, 0.15) is 36.9 Å². The number of para-hydroxylation sites is 1. The predicted molar refractivity (Wildman–Crippen MR) is 71.5 cm³/mol. The average molecular weight is 231 g/mol. The van der Waals surface area contributed by atoms with Gasteiger partial charge in [0, 0.05) is 18.2 Å². The summed E-state index contributed by atoms with van der Waals surface area (Å²) in [6.07, 6.45) is 2.23. The minimum atomic E-state index is 0.393. The Morgan fingerprint density at radius 3 is 3.12 bits per heavy atom. The molecule has 1 heterocycles. The number of benzene rings is 1. The molecule has 17 heavy (non-hydrogen) atoms. The first-order valence-corrected chi connectivity index (χ1v) is 6.28. The van der Waals surface area contributed by atoms with Crippen LogP contribution in [0.15, 0.2) is 30.4 Å². The van der Waals surface area contributed by atoms with Crippen LogP contribution in [0.2, 0.25) is 0 Å². The first kappa shape index (κ1) is 12.2. The summed E-state index contributed by atoms with van der Waals surface area (Å²) >= 11 is 0.